The van der Waals surface area contributed by atoms with Gasteiger partial charge in [-0.3, -0.25) is 14.2 Å². The Bertz CT molecular complexity index is 743. The van der Waals surface area contributed by atoms with E-state index in [-0.39, 0.29) is 18.6 Å². The van der Waals surface area contributed by atoms with Gasteiger partial charge in [0, 0.05) is 11.4 Å². The second kappa shape index (κ2) is 7.42. The highest BCUT2D eigenvalue weighted by atomic mass is 16.5. The summed E-state index contributed by atoms with van der Waals surface area (Å²) in [6, 6.07) is 3.99. The van der Waals surface area contributed by atoms with E-state index < -0.39 is 5.41 Å². The number of nitrogens with zero attached hydrogens (tertiary/aromatic N) is 4. The maximum absolute atomic E-state index is 12.4. The van der Waals surface area contributed by atoms with Gasteiger partial charge in [0.25, 0.3) is 0 Å². The lowest BCUT2D eigenvalue weighted by molar-refractivity contribution is -0.155. The van der Waals surface area contributed by atoms with Crippen molar-refractivity contribution >= 4 is 5.97 Å². The van der Waals surface area contributed by atoms with Gasteiger partial charge in [-0.05, 0) is 60.1 Å². The molecule has 6 nitrogen and oxygen atoms in total. The van der Waals surface area contributed by atoms with Crippen LogP contribution in [0.2, 0.25) is 0 Å². The Labute approximate surface area is 150 Å². The molecule has 25 heavy (non-hydrogen) atoms. The highest BCUT2D eigenvalue weighted by Crippen LogP contribution is 2.23. The molecule has 0 saturated carbocycles. The summed E-state index contributed by atoms with van der Waals surface area (Å²) in [5, 5.41) is 9.13. The Morgan fingerprint density at radius 3 is 2.20 bits per heavy atom. The molecular weight excluding hydrogens is 316 g/mol. The number of ether oxygens (including phenoxy) is 1. The molecule has 0 aliphatic carbocycles. The van der Waals surface area contributed by atoms with Gasteiger partial charge in [-0.1, -0.05) is 6.92 Å². The molecule has 0 saturated heterocycles. The third-order valence-corrected chi connectivity index (χ3v) is 4.72. The Morgan fingerprint density at radius 2 is 1.72 bits per heavy atom. The number of rotatable bonds is 7. The van der Waals surface area contributed by atoms with Crippen LogP contribution in [0.1, 0.15) is 56.0 Å². The van der Waals surface area contributed by atoms with Gasteiger partial charge in [0.05, 0.1) is 23.3 Å². The molecule has 0 aliphatic heterocycles. The Morgan fingerprint density at radius 1 is 1.12 bits per heavy atom. The first-order valence-electron chi connectivity index (χ1n) is 8.85. The molecule has 1 atom stereocenters. The van der Waals surface area contributed by atoms with Crippen molar-refractivity contribution in [1.82, 2.24) is 19.6 Å². The van der Waals surface area contributed by atoms with Crippen molar-refractivity contribution in [3.63, 3.8) is 0 Å². The Balaban J connectivity index is 2.22. The highest BCUT2D eigenvalue weighted by Gasteiger charge is 2.28. The van der Waals surface area contributed by atoms with Crippen molar-refractivity contribution in [1.29, 1.82) is 0 Å². The SMILES string of the molecule is CCC(C)(C)C(=O)OCC(Cn1nc(C)cc1C)n1nc(C)cc1C. The quantitative estimate of drug-likeness (QED) is 0.720. The van der Waals surface area contributed by atoms with Gasteiger partial charge in [0.2, 0.25) is 0 Å². The summed E-state index contributed by atoms with van der Waals surface area (Å²) in [6.45, 7) is 14.7. The van der Waals surface area contributed by atoms with Gasteiger partial charge in [0.1, 0.15) is 12.6 Å². The average Bonchev–Trinajstić information content (AvgIpc) is 3.03. The van der Waals surface area contributed by atoms with Crippen LogP contribution >= 0.6 is 0 Å². The van der Waals surface area contributed by atoms with Crippen LogP contribution in [-0.4, -0.2) is 32.1 Å². The number of esters is 1. The molecular formula is C19H30N4O2. The van der Waals surface area contributed by atoms with Crippen LogP contribution in [0.3, 0.4) is 0 Å². The van der Waals surface area contributed by atoms with Crippen molar-refractivity contribution in [2.45, 2.75) is 67.5 Å². The third kappa shape index (κ3) is 4.50. The monoisotopic (exact) mass is 346 g/mol. The molecule has 0 amide bonds. The fourth-order valence-corrected chi connectivity index (χ4v) is 2.79. The minimum atomic E-state index is -0.474. The molecule has 2 heterocycles. The van der Waals surface area contributed by atoms with Gasteiger partial charge < -0.3 is 4.74 Å². The zero-order valence-corrected chi connectivity index (χ0v) is 16.5. The maximum Gasteiger partial charge on any atom is 0.311 e. The lowest BCUT2D eigenvalue weighted by atomic mass is 9.91. The average molecular weight is 346 g/mol. The summed E-state index contributed by atoms with van der Waals surface area (Å²) in [4.78, 5) is 12.4. The molecule has 0 radical (unpaired) electrons. The van der Waals surface area contributed by atoms with E-state index >= 15 is 0 Å². The highest BCUT2D eigenvalue weighted by molar-refractivity contribution is 5.75. The van der Waals surface area contributed by atoms with Crippen LogP contribution in [-0.2, 0) is 16.1 Å². The molecule has 2 aromatic heterocycles. The van der Waals surface area contributed by atoms with Gasteiger partial charge in [0.15, 0.2) is 0 Å². The number of hydrogen-bond donors (Lipinski definition) is 0. The number of carbonyl (C=O) groups excluding carboxylic acids is 1. The Hall–Kier alpha value is -2.11. The minimum absolute atomic E-state index is 0.0942. The molecule has 0 aromatic carbocycles. The van der Waals surface area contributed by atoms with Crippen LogP contribution in [0.4, 0.5) is 0 Å². The summed E-state index contributed by atoms with van der Waals surface area (Å²) in [5.41, 5.74) is 3.60. The van der Waals surface area contributed by atoms with Crippen LogP contribution in [0, 0.1) is 33.1 Å². The van der Waals surface area contributed by atoms with Crippen molar-refractivity contribution in [2.24, 2.45) is 5.41 Å². The smallest absolute Gasteiger partial charge is 0.311 e. The van der Waals surface area contributed by atoms with Gasteiger partial charge in [-0.25, -0.2) is 0 Å². The zero-order chi connectivity index (χ0) is 18.8. The molecule has 1 unspecified atom stereocenters. The van der Waals surface area contributed by atoms with Crippen molar-refractivity contribution in [3.05, 3.63) is 34.9 Å². The van der Waals surface area contributed by atoms with E-state index in [1.54, 1.807) is 0 Å². The third-order valence-electron chi connectivity index (χ3n) is 4.72. The molecule has 138 valence electrons. The van der Waals surface area contributed by atoms with Crippen LogP contribution in [0.25, 0.3) is 0 Å². The second-order valence-corrected chi connectivity index (χ2v) is 7.47. The predicted molar refractivity (Wildman–Crippen MR) is 97.5 cm³/mol. The van der Waals surface area contributed by atoms with E-state index in [2.05, 4.69) is 10.2 Å². The predicted octanol–water partition coefficient (Wildman–Crippen LogP) is 3.53. The largest absolute Gasteiger partial charge is 0.463 e. The number of aryl methyl sites for hydroxylation is 4. The fourth-order valence-electron chi connectivity index (χ4n) is 2.79. The van der Waals surface area contributed by atoms with Crippen molar-refractivity contribution in [3.8, 4) is 0 Å². The molecule has 0 bridgehead atoms. The van der Waals surface area contributed by atoms with Crippen LogP contribution < -0.4 is 0 Å². The fraction of sp³-hybridized carbons (Fsp3) is 0.632. The first kappa shape index (κ1) is 19.2. The molecule has 0 spiro atoms. The molecule has 2 aromatic rings. The second-order valence-electron chi connectivity index (χ2n) is 7.47. The first-order valence-corrected chi connectivity index (χ1v) is 8.85. The number of aromatic nitrogens is 4. The molecule has 6 heteroatoms. The van der Waals surface area contributed by atoms with Gasteiger partial charge in [-0.2, -0.15) is 10.2 Å². The van der Waals surface area contributed by atoms with E-state index in [0.29, 0.717) is 6.54 Å². The van der Waals surface area contributed by atoms with E-state index in [1.807, 2.05) is 70.0 Å². The minimum Gasteiger partial charge on any atom is -0.463 e. The number of carbonyl (C=O) groups is 1. The molecule has 0 aliphatic rings. The molecule has 2 rings (SSSR count). The summed E-state index contributed by atoms with van der Waals surface area (Å²) < 4.78 is 9.55. The normalized spacial score (nSPS) is 13.1. The van der Waals surface area contributed by atoms with Crippen molar-refractivity contribution in [2.75, 3.05) is 6.61 Å². The van der Waals surface area contributed by atoms with Crippen molar-refractivity contribution < 1.29 is 9.53 Å². The molecule has 0 fully saturated rings. The van der Waals surface area contributed by atoms with E-state index in [0.717, 1.165) is 29.2 Å². The van der Waals surface area contributed by atoms with E-state index in [9.17, 15) is 4.79 Å². The molecule has 0 N–H and O–H groups in total. The lowest BCUT2D eigenvalue weighted by Gasteiger charge is -2.24. The Kier molecular flexibility index (Phi) is 5.70. The zero-order valence-electron chi connectivity index (χ0n) is 16.5. The standard InChI is InChI=1S/C19H30N4O2/c1-8-19(6,7)18(24)25-12-17(23-16(5)10-14(3)21-23)11-22-15(4)9-13(2)20-22/h9-10,17H,8,11-12H2,1-7H3. The van der Waals surface area contributed by atoms with E-state index in [4.69, 9.17) is 4.74 Å². The van der Waals surface area contributed by atoms with Gasteiger partial charge in [-0.15, -0.1) is 0 Å². The topological polar surface area (TPSA) is 61.9 Å². The summed E-state index contributed by atoms with van der Waals surface area (Å²) in [7, 11) is 0. The summed E-state index contributed by atoms with van der Waals surface area (Å²) >= 11 is 0. The van der Waals surface area contributed by atoms with Crippen LogP contribution in [0.15, 0.2) is 12.1 Å². The first-order chi connectivity index (χ1) is 11.6. The van der Waals surface area contributed by atoms with E-state index in [1.165, 1.54) is 0 Å². The summed E-state index contributed by atoms with van der Waals surface area (Å²) in [6.07, 6.45) is 0.744. The lowest BCUT2D eigenvalue weighted by Crippen LogP contribution is -2.30. The van der Waals surface area contributed by atoms with Gasteiger partial charge >= 0.3 is 5.97 Å². The maximum atomic E-state index is 12.4. The summed E-state index contributed by atoms with van der Waals surface area (Å²) in [5.74, 6) is -0.171. The van der Waals surface area contributed by atoms with Crippen LogP contribution in [0.5, 0.6) is 0 Å². The number of hydrogen-bond acceptors (Lipinski definition) is 4.